The van der Waals surface area contributed by atoms with Gasteiger partial charge in [0.1, 0.15) is 12.3 Å². The van der Waals surface area contributed by atoms with E-state index in [0.29, 0.717) is 12.5 Å². The fourth-order valence-corrected chi connectivity index (χ4v) is 2.30. The third-order valence-electron chi connectivity index (χ3n) is 4.24. The zero-order valence-electron chi connectivity index (χ0n) is 17.5. The summed E-state index contributed by atoms with van der Waals surface area (Å²) in [6.07, 6.45) is 2.16. The molecule has 1 amide bonds. The van der Waals surface area contributed by atoms with Crippen molar-refractivity contribution in [1.82, 2.24) is 15.5 Å². The van der Waals surface area contributed by atoms with Gasteiger partial charge in [0.25, 0.3) is 0 Å². The highest BCUT2D eigenvalue weighted by Gasteiger charge is 2.21. The highest BCUT2D eigenvalue weighted by atomic mass is 127. The summed E-state index contributed by atoms with van der Waals surface area (Å²) in [6, 6.07) is 8.10. The Morgan fingerprint density at radius 3 is 2.56 bits per heavy atom. The molecule has 27 heavy (non-hydrogen) atoms. The number of hydrogen-bond donors (Lipinski definition) is 2. The van der Waals surface area contributed by atoms with E-state index in [9.17, 15) is 4.79 Å². The molecule has 6 nitrogen and oxygen atoms in total. The number of rotatable bonds is 9. The van der Waals surface area contributed by atoms with Crippen molar-refractivity contribution in [3.05, 3.63) is 29.8 Å². The lowest BCUT2D eigenvalue weighted by Gasteiger charge is -2.27. The highest BCUT2D eigenvalue weighted by molar-refractivity contribution is 14.0. The lowest BCUT2D eigenvalue weighted by molar-refractivity contribution is -0.127. The van der Waals surface area contributed by atoms with Crippen LogP contribution in [0.5, 0.6) is 5.75 Å². The molecule has 1 aromatic carbocycles. The number of hydrogen-bond acceptors (Lipinski definition) is 3. The Balaban J connectivity index is 0.00000676. The van der Waals surface area contributed by atoms with Crippen LogP contribution >= 0.6 is 24.0 Å². The van der Waals surface area contributed by atoms with Gasteiger partial charge in [0.05, 0.1) is 7.11 Å². The third kappa shape index (κ3) is 9.30. The molecule has 7 heteroatoms. The zero-order valence-corrected chi connectivity index (χ0v) is 19.8. The molecular formula is C20H35IN4O2. The van der Waals surface area contributed by atoms with Crippen LogP contribution in [0.1, 0.15) is 39.2 Å². The Labute approximate surface area is 181 Å². The number of halogens is 1. The number of ether oxygens (including phenoxy) is 1. The molecule has 1 rings (SSSR count). The van der Waals surface area contributed by atoms with Crippen molar-refractivity contribution in [2.24, 2.45) is 4.99 Å². The van der Waals surface area contributed by atoms with Crippen LogP contribution < -0.4 is 15.4 Å². The van der Waals surface area contributed by atoms with Crippen molar-refractivity contribution in [2.45, 2.75) is 39.0 Å². The van der Waals surface area contributed by atoms with E-state index in [1.165, 1.54) is 5.56 Å². The smallest absolute Gasteiger partial charge is 0.243 e. The molecule has 0 spiro atoms. The summed E-state index contributed by atoms with van der Waals surface area (Å²) < 4.78 is 5.33. The molecule has 0 bridgehead atoms. The average Bonchev–Trinajstić information content (AvgIpc) is 2.63. The van der Waals surface area contributed by atoms with Crippen molar-refractivity contribution >= 4 is 35.8 Å². The number of likely N-dealkylation sites (N-methyl/N-ethyl adjacent to an activating group) is 1. The number of amides is 1. The summed E-state index contributed by atoms with van der Waals surface area (Å²) in [5.41, 5.74) is 1.06. The maximum absolute atomic E-state index is 11.8. The maximum Gasteiger partial charge on any atom is 0.243 e. The minimum Gasteiger partial charge on any atom is -0.497 e. The van der Waals surface area contributed by atoms with Gasteiger partial charge in [-0.15, -0.1) is 24.0 Å². The molecule has 0 atom stereocenters. The summed E-state index contributed by atoms with van der Waals surface area (Å²) in [7, 11) is 5.15. The molecule has 0 fully saturated rings. The van der Waals surface area contributed by atoms with Crippen molar-refractivity contribution in [2.75, 3.05) is 40.8 Å². The maximum atomic E-state index is 11.8. The number of guanidine groups is 1. The van der Waals surface area contributed by atoms with Crippen molar-refractivity contribution in [3.8, 4) is 5.75 Å². The Morgan fingerprint density at radius 2 is 1.96 bits per heavy atom. The molecule has 0 heterocycles. The molecule has 0 saturated heterocycles. The molecule has 0 aromatic heterocycles. The fraction of sp³-hybridized carbons (Fsp3) is 0.600. The van der Waals surface area contributed by atoms with Crippen LogP contribution in [-0.4, -0.2) is 57.6 Å². The van der Waals surface area contributed by atoms with Crippen LogP contribution in [0.25, 0.3) is 0 Å². The predicted octanol–water partition coefficient (Wildman–Crippen LogP) is 3.01. The third-order valence-corrected chi connectivity index (χ3v) is 4.24. The Bertz CT molecular complexity index is 603. The molecule has 0 unspecified atom stereocenters. The lowest BCUT2D eigenvalue weighted by atomic mass is 9.84. The summed E-state index contributed by atoms with van der Waals surface area (Å²) in [6.45, 7) is 8.14. The Kier molecular flexibility index (Phi) is 12.1. The number of benzene rings is 1. The molecule has 0 aliphatic rings. The minimum atomic E-state index is -0.118. The molecule has 1 aromatic rings. The van der Waals surface area contributed by atoms with Gasteiger partial charge in [-0.25, -0.2) is 4.99 Å². The minimum absolute atomic E-state index is 0. The molecule has 2 N–H and O–H groups in total. The number of nitrogens with one attached hydrogen (secondary N) is 2. The topological polar surface area (TPSA) is 66.0 Å². The first-order valence-electron chi connectivity index (χ1n) is 9.17. The quantitative estimate of drug-likeness (QED) is 0.242. The van der Waals surface area contributed by atoms with Crippen molar-refractivity contribution < 1.29 is 9.53 Å². The van der Waals surface area contributed by atoms with Gasteiger partial charge in [0.2, 0.25) is 5.91 Å². The molecule has 0 saturated carbocycles. The van der Waals surface area contributed by atoms with E-state index in [1.807, 2.05) is 12.1 Å². The van der Waals surface area contributed by atoms with Crippen molar-refractivity contribution in [3.63, 3.8) is 0 Å². The summed E-state index contributed by atoms with van der Waals surface area (Å²) >= 11 is 0. The first kappa shape index (κ1) is 25.5. The van der Waals surface area contributed by atoms with Crippen LogP contribution in [0.2, 0.25) is 0 Å². The van der Waals surface area contributed by atoms with Crippen molar-refractivity contribution in [1.29, 1.82) is 0 Å². The first-order valence-corrected chi connectivity index (χ1v) is 9.17. The molecule has 0 aliphatic carbocycles. The number of carbonyl (C=O) groups is 1. The first-order chi connectivity index (χ1) is 12.3. The van der Waals surface area contributed by atoms with Gasteiger partial charge in [0.15, 0.2) is 5.96 Å². The highest BCUT2D eigenvalue weighted by Crippen LogP contribution is 2.25. The number of unbranched alkanes of at least 4 members (excludes halogenated alkanes) is 1. The van der Waals surface area contributed by atoms with E-state index >= 15 is 0 Å². The Morgan fingerprint density at radius 1 is 1.26 bits per heavy atom. The number of carbonyl (C=O) groups excluding carboxylic acids is 1. The molecule has 0 radical (unpaired) electrons. The molecule has 154 valence electrons. The summed E-state index contributed by atoms with van der Waals surface area (Å²) in [5.74, 6) is 1.50. The standard InChI is InChI=1S/C20H34N4O2.HI/c1-7-8-12-21-19(22-14-18(25)24(4)5)23-15-20(2,3)16-10-9-11-17(13-16)26-6;/h9-11,13H,7-8,12,14-15H2,1-6H3,(H2,21,22,23);1H. The van der Waals surface area contributed by atoms with Gasteiger partial charge < -0.3 is 20.3 Å². The van der Waals surface area contributed by atoms with E-state index in [-0.39, 0.29) is 41.8 Å². The van der Waals surface area contributed by atoms with Crippen LogP contribution in [0, 0.1) is 0 Å². The van der Waals surface area contributed by atoms with E-state index in [1.54, 1.807) is 26.1 Å². The second-order valence-corrected chi connectivity index (χ2v) is 7.20. The number of methoxy groups -OCH3 is 1. The number of nitrogens with zero attached hydrogens (tertiary/aromatic N) is 2. The van der Waals surface area contributed by atoms with E-state index in [4.69, 9.17) is 4.74 Å². The van der Waals surface area contributed by atoms with Gasteiger partial charge in [-0.05, 0) is 24.1 Å². The molecule has 0 aliphatic heterocycles. The summed E-state index contributed by atoms with van der Waals surface area (Å²) in [4.78, 5) is 17.8. The summed E-state index contributed by atoms with van der Waals surface area (Å²) in [5, 5.41) is 6.68. The predicted molar refractivity (Wildman–Crippen MR) is 123 cm³/mol. The van der Waals surface area contributed by atoms with Gasteiger partial charge in [-0.1, -0.05) is 39.3 Å². The lowest BCUT2D eigenvalue weighted by Crippen LogP contribution is -2.44. The van der Waals surface area contributed by atoms with E-state index < -0.39 is 0 Å². The zero-order chi connectivity index (χ0) is 19.6. The Hall–Kier alpha value is -1.51. The largest absolute Gasteiger partial charge is 0.497 e. The van der Waals surface area contributed by atoms with Gasteiger partial charge >= 0.3 is 0 Å². The van der Waals surface area contributed by atoms with Crippen LogP contribution in [0.3, 0.4) is 0 Å². The van der Waals surface area contributed by atoms with E-state index in [0.717, 1.165) is 25.1 Å². The van der Waals surface area contributed by atoms with E-state index in [2.05, 4.69) is 48.5 Å². The normalized spacial score (nSPS) is 11.4. The van der Waals surface area contributed by atoms with Crippen LogP contribution in [0.4, 0.5) is 0 Å². The van der Waals surface area contributed by atoms with Crippen LogP contribution in [-0.2, 0) is 10.2 Å². The number of aliphatic imine (C=N–C) groups is 1. The second kappa shape index (κ2) is 12.8. The molecular weight excluding hydrogens is 455 g/mol. The van der Waals surface area contributed by atoms with Gasteiger partial charge in [-0.2, -0.15) is 0 Å². The average molecular weight is 490 g/mol. The SMILES string of the molecule is CCCCNC(=NCC(=O)N(C)C)NCC(C)(C)c1cccc(OC)c1.I. The monoisotopic (exact) mass is 490 g/mol. The second-order valence-electron chi connectivity index (χ2n) is 7.20. The van der Waals surface area contributed by atoms with Crippen LogP contribution in [0.15, 0.2) is 29.3 Å². The fourth-order valence-electron chi connectivity index (χ4n) is 2.30. The van der Waals surface area contributed by atoms with Gasteiger partial charge in [0, 0.05) is 32.6 Å². The van der Waals surface area contributed by atoms with Gasteiger partial charge in [-0.3, -0.25) is 4.79 Å².